The van der Waals surface area contributed by atoms with E-state index in [4.69, 9.17) is 14.6 Å². The number of esters is 1. The van der Waals surface area contributed by atoms with Crippen molar-refractivity contribution in [1.29, 1.82) is 0 Å². The fourth-order valence-corrected chi connectivity index (χ4v) is 1.29. The van der Waals surface area contributed by atoms with Crippen molar-refractivity contribution in [2.24, 2.45) is 5.41 Å². The molecule has 1 fully saturated rings. The van der Waals surface area contributed by atoms with E-state index in [-0.39, 0.29) is 12.7 Å². The summed E-state index contributed by atoms with van der Waals surface area (Å²) in [5, 5.41) is 8.98. The Morgan fingerprint density at radius 1 is 1.47 bits per heavy atom. The lowest BCUT2D eigenvalue weighted by Gasteiger charge is -2.17. The molecule has 80 valence electrons. The van der Waals surface area contributed by atoms with Gasteiger partial charge >= 0.3 is 11.9 Å². The Morgan fingerprint density at radius 3 is 2.53 bits per heavy atom. The maximum absolute atomic E-state index is 11.6. The van der Waals surface area contributed by atoms with E-state index < -0.39 is 17.4 Å². The molecule has 0 spiro atoms. The maximum atomic E-state index is 11.6. The molecule has 5 heteroatoms. The lowest BCUT2D eigenvalue weighted by molar-refractivity contribution is -0.161. The molecular weight excluding hydrogens is 200 g/mol. The van der Waals surface area contributed by atoms with Crippen molar-refractivity contribution in [3.8, 4) is 0 Å². The molecule has 2 aliphatic rings. The second kappa shape index (κ2) is 3.51. The van der Waals surface area contributed by atoms with Crippen molar-refractivity contribution < 1.29 is 24.2 Å². The first-order chi connectivity index (χ1) is 7.15. The van der Waals surface area contributed by atoms with Crippen LogP contribution in [-0.2, 0) is 19.1 Å². The number of epoxide rings is 1. The summed E-state index contributed by atoms with van der Waals surface area (Å²) in [6, 6.07) is 0. The highest BCUT2D eigenvalue weighted by molar-refractivity contribution is 6.04. The normalized spacial score (nSPS) is 25.2. The smallest absolute Gasteiger partial charge is 0.331 e. The fraction of sp³-hybridized carbons (Fsp3) is 0.400. The molecule has 5 nitrogen and oxygen atoms in total. The van der Waals surface area contributed by atoms with Gasteiger partial charge in [-0.1, -0.05) is 24.3 Å². The van der Waals surface area contributed by atoms with E-state index in [9.17, 15) is 9.59 Å². The second-order valence-corrected chi connectivity index (χ2v) is 3.45. The van der Waals surface area contributed by atoms with Gasteiger partial charge in [0.05, 0.1) is 6.61 Å². The minimum Gasteiger partial charge on any atom is -0.480 e. The molecule has 0 aromatic rings. The largest absolute Gasteiger partial charge is 0.480 e. The van der Waals surface area contributed by atoms with Gasteiger partial charge in [0.25, 0.3) is 0 Å². The van der Waals surface area contributed by atoms with Crippen LogP contribution in [0.1, 0.15) is 0 Å². The number of hydrogen-bond donors (Lipinski definition) is 1. The number of carboxylic acids is 1. The zero-order chi connectivity index (χ0) is 10.9. The molecule has 1 unspecified atom stereocenters. The lowest BCUT2D eigenvalue weighted by atomic mass is 9.90. The molecule has 2 rings (SSSR count). The van der Waals surface area contributed by atoms with Crippen LogP contribution >= 0.6 is 0 Å². The van der Waals surface area contributed by atoms with Crippen LogP contribution in [0, 0.1) is 5.41 Å². The summed E-state index contributed by atoms with van der Waals surface area (Å²) in [6.45, 7) is 0.689. The van der Waals surface area contributed by atoms with Crippen LogP contribution in [-0.4, -0.2) is 36.4 Å². The van der Waals surface area contributed by atoms with E-state index in [1.54, 1.807) is 0 Å². The number of hydrogen-bond acceptors (Lipinski definition) is 4. The van der Waals surface area contributed by atoms with Crippen LogP contribution in [0.5, 0.6) is 0 Å². The van der Waals surface area contributed by atoms with Gasteiger partial charge in [-0.3, -0.25) is 9.59 Å². The van der Waals surface area contributed by atoms with Gasteiger partial charge in [-0.05, 0) is 0 Å². The quantitative estimate of drug-likeness (QED) is 0.405. The van der Waals surface area contributed by atoms with E-state index in [2.05, 4.69) is 0 Å². The van der Waals surface area contributed by atoms with Gasteiger partial charge in [0.1, 0.15) is 12.7 Å². The highest BCUT2D eigenvalue weighted by Crippen LogP contribution is 2.28. The average Bonchev–Trinajstić information content (AvgIpc) is 2.89. The monoisotopic (exact) mass is 210 g/mol. The molecule has 1 atom stereocenters. The van der Waals surface area contributed by atoms with E-state index in [1.807, 2.05) is 0 Å². The van der Waals surface area contributed by atoms with E-state index in [0.29, 0.717) is 6.61 Å². The number of rotatable bonds is 4. The summed E-state index contributed by atoms with van der Waals surface area (Å²) < 4.78 is 9.72. The van der Waals surface area contributed by atoms with E-state index in [0.717, 1.165) is 0 Å². The van der Waals surface area contributed by atoms with Gasteiger partial charge in [0.2, 0.25) is 5.41 Å². The van der Waals surface area contributed by atoms with Gasteiger partial charge in [0, 0.05) is 0 Å². The average molecular weight is 210 g/mol. The number of allylic oxidation sites excluding steroid dienone is 2. The molecule has 1 saturated heterocycles. The molecule has 1 aliphatic heterocycles. The van der Waals surface area contributed by atoms with Crippen molar-refractivity contribution in [1.82, 2.24) is 0 Å². The molecule has 0 amide bonds. The highest BCUT2D eigenvalue weighted by atomic mass is 16.6. The van der Waals surface area contributed by atoms with E-state index in [1.165, 1.54) is 24.3 Å². The predicted octanol–water partition coefficient (Wildman–Crippen LogP) is 0.125. The number of carboxylic acid groups (broad SMARTS) is 1. The Kier molecular flexibility index (Phi) is 2.32. The van der Waals surface area contributed by atoms with Crippen molar-refractivity contribution in [3.05, 3.63) is 24.3 Å². The molecule has 1 aliphatic carbocycles. The molecule has 1 heterocycles. The SMILES string of the molecule is O=C(O)C1(C(=O)OCC2CO2)C=CC=C1. The summed E-state index contributed by atoms with van der Waals surface area (Å²) in [7, 11) is 0. The molecular formula is C10H10O5. The standard InChI is InChI=1S/C10H10O5/c11-8(12)10(3-1-2-4-10)9(13)15-6-7-5-14-7/h1-4,7H,5-6H2,(H,11,12). The summed E-state index contributed by atoms with van der Waals surface area (Å²) in [5.41, 5.74) is -1.64. The zero-order valence-electron chi connectivity index (χ0n) is 7.88. The van der Waals surface area contributed by atoms with Gasteiger partial charge < -0.3 is 14.6 Å². The number of carbonyl (C=O) groups excluding carboxylic acids is 1. The highest BCUT2D eigenvalue weighted by Gasteiger charge is 2.45. The first kappa shape index (κ1) is 9.92. The summed E-state index contributed by atoms with van der Waals surface area (Å²) in [6.07, 6.45) is 5.59. The third-order valence-electron chi connectivity index (χ3n) is 2.32. The van der Waals surface area contributed by atoms with Gasteiger partial charge in [0.15, 0.2) is 0 Å². The van der Waals surface area contributed by atoms with Crippen LogP contribution in [0.25, 0.3) is 0 Å². The molecule has 0 radical (unpaired) electrons. The van der Waals surface area contributed by atoms with Crippen molar-refractivity contribution >= 4 is 11.9 Å². The van der Waals surface area contributed by atoms with Crippen LogP contribution < -0.4 is 0 Å². The van der Waals surface area contributed by atoms with Crippen molar-refractivity contribution in [2.75, 3.05) is 13.2 Å². The van der Waals surface area contributed by atoms with Crippen LogP contribution in [0.3, 0.4) is 0 Å². The Balaban J connectivity index is 2.04. The van der Waals surface area contributed by atoms with Crippen LogP contribution in [0.15, 0.2) is 24.3 Å². The van der Waals surface area contributed by atoms with Crippen molar-refractivity contribution in [3.63, 3.8) is 0 Å². The minimum absolute atomic E-state index is 0.0610. The Hall–Kier alpha value is -1.62. The van der Waals surface area contributed by atoms with E-state index >= 15 is 0 Å². The minimum atomic E-state index is -1.64. The molecule has 0 aromatic carbocycles. The third-order valence-corrected chi connectivity index (χ3v) is 2.32. The van der Waals surface area contributed by atoms with Gasteiger partial charge in [-0.2, -0.15) is 0 Å². The van der Waals surface area contributed by atoms with Gasteiger partial charge in [-0.15, -0.1) is 0 Å². The van der Waals surface area contributed by atoms with Gasteiger partial charge in [-0.25, -0.2) is 0 Å². The number of ether oxygens (including phenoxy) is 2. The summed E-state index contributed by atoms with van der Waals surface area (Å²) in [4.78, 5) is 22.6. The first-order valence-electron chi connectivity index (χ1n) is 4.54. The summed E-state index contributed by atoms with van der Waals surface area (Å²) in [5.74, 6) is -2.00. The maximum Gasteiger partial charge on any atom is 0.331 e. The topological polar surface area (TPSA) is 76.1 Å². The lowest BCUT2D eigenvalue weighted by Crippen LogP contribution is -2.36. The molecule has 15 heavy (non-hydrogen) atoms. The van der Waals surface area contributed by atoms with Crippen molar-refractivity contribution in [2.45, 2.75) is 6.10 Å². The Morgan fingerprint density at radius 2 is 2.07 bits per heavy atom. The van der Waals surface area contributed by atoms with Crippen LogP contribution in [0.2, 0.25) is 0 Å². The molecule has 0 bridgehead atoms. The Labute approximate surface area is 86.0 Å². The fourth-order valence-electron chi connectivity index (χ4n) is 1.29. The molecule has 0 saturated carbocycles. The third kappa shape index (κ3) is 1.78. The van der Waals surface area contributed by atoms with Crippen LogP contribution in [0.4, 0.5) is 0 Å². The molecule has 0 aromatic heterocycles. The first-order valence-corrected chi connectivity index (χ1v) is 4.54. The second-order valence-electron chi connectivity index (χ2n) is 3.45. The summed E-state index contributed by atoms with van der Waals surface area (Å²) >= 11 is 0. The number of aliphatic carboxylic acids is 1. The zero-order valence-corrected chi connectivity index (χ0v) is 7.88. The number of carbonyl (C=O) groups is 2. The Bertz CT molecular complexity index is 339. The molecule has 1 N–H and O–H groups in total. The predicted molar refractivity (Wildman–Crippen MR) is 49.0 cm³/mol.